The fourth-order valence-corrected chi connectivity index (χ4v) is 5.55. The number of methoxy groups -OCH3 is 1. The monoisotopic (exact) mass is 504 g/mol. The third-order valence-electron chi connectivity index (χ3n) is 5.18. The number of fused-ring (bicyclic) bond motifs is 3. The van der Waals surface area contributed by atoms with E-state index in [2.05, 4.69) is 9.47 Å². The predicted molar refractivity (Wildman–Crippen MR) is 128 cm³/mol. The third-order valence-corrected chi connectivity index (χ3v) is 7.19. The normalized spacial score (nSPS) is 14.5. The lowest BCUT2D eigenvalue weighted by Gasteiger charge is -2.29. The number of ether oxygens (including phenoxy) is 4. The third kappa shape index (κ3) is 4.96. The zero-order chi connectivity index (χ0) is 24.5. The van der Waals surface area contributed by atoms with Crippen molar-refractivity contribution in [3.05, 3.63) is 45.1 Å². The first-order valence-electron chi connectivity index (χ1n) is 10.6. The number of carbonyl (C=O) groups is 2. The van der Waals surface area contributed by atoms with Crippen molar-refractivity contribution < 1.29 is 28.5 Å². The maximum Gasteiger partial charge on any atom is 0.516 e. The molecule has 0 bridgehead atoms. The van der Waals surface area contributed by atoms with Gasteiger partial charge in [-0.1, -0.05) is 11.8 Å². The topological polar surface area (TPSA) is 106 Å². The van der Waals surface area contributed by atoms with Crippen LogP contribution in [-0.4, -0.2) is 46.7 Å². The van der Waals surface area contributed by atoms with E-state index in [1.54, 1.807) is 38.3 Å². The smallest absolute Gasteiger partial charge is 0.497 e. The summed E-state index contributed by atoms with van der Waals surface area (Å²) < 4.78 is 21.9. The zero-order valence-electron chi connectivity index (χ0n) is 19.2. The molecule has 4 rings (SSSR count). The Bertz CT molecular complexity index is 1300. The Morgan fingerprint density at radius 2 is 2.00 bits per heavy atom. The van der Waals surface area contributed by atoms with Gasteiger partial charge < -0.3 is 18.9 Å². The van der Waals surface area contributed by atoms with Gasteiger partial charge in [0.2, 0.25) is 0 Å². The molecule has 1 aromatic carbocycles. The average molecular weight is 505 g/mol. The van der Waals surface area contributed by atoms with Crippen molar-refractivity contribution >= 4 is 45.4 Å². The summed E-state index contributed by atoms with van der Waals surface area (Å²) >= 11 is 2.43. The van der Waals surface area contributed by atoms with Crippen LogP contribution in [0, 0.1) is 0 Å². The number of rotatable bonds is 6. The number of hydrogen-bond acceptors (Lipinski definition) is 10. The zero-order valence-corrected chi connectivity index (χ0v) is 20.8. The van der Waals surface area contributed by atoms with E-state index in [-0.39, 0.29) is 23.5 Å². The highest BCUT2D eigenvalue weighted by atomic mass is 32.2. The number of nitrogens with zero attached hydrogens (tertiary/aromatic N) is 2. The molecule has 0 saturated heterocycles. The van der Waals surface area contributed by atoms with Gasteiger partial charge in [0.25, 0.3) is 5.56 Å². The van der Waals surface area contributed by atoms with Gasteiger partial charge in [0, 0.05) is 11.3 Å². The van der Waals surface area contributed by atoms with Crippen molar-refractivity contribution in [1.29, 1.82) is 0 Å². The van der Waals surface area contributed by atoms with Gasteiger partial charge in [-0.25, -0.2) is 9.78 Å². The van der Waals surface area contributed by atoms with Crippen LogP contribution in [-0.2, 0) is 32.0 Å². The predicted octanol–water partition coefficient (Wildman–Crippen LogP) is 4.10. The van der Waals surface area contributed by atoms with Gasteiger partial charge in [0.15, 0.2) is 5.16 Å². The lowest BCUT2D eigenvalue weighted by molar-refractivity contribution is -0.136. The minimum atomic E-state index is -1.06. The molecule has 3 aromatic rings. The van der Waals surface area contributed by atoms with Gasteiger partial charge in [0.05, 0.1) is 42.8 Å². The summed E-state index contributed by atoms with van der Waals surface area (Å²) in [6, 6.07) is 6.99. The first-order chi connectivity index (χ1) is 16.2. The molecule has 0 unspecified atom stereocenters. The van der Waals surface area contributed by atoms with Crippen LogP contribution < -0.4 is 10.3 Å². The largest absolute Gasteiger partial charge is 0.516 e. The van der Waals surface area contributed by atoms with E-state index >= 15 is 0 Å². The number of hydrogen-bond donors (Lipinski definition) is 0. The van der Waals surface area contributed by atoms with Gasteiger partial charge in [-0.3, -0.25) is 14.2 Å². The van der Waals surface area contributed by atoms with Gasteiger partial charge in [0.1, 0.15) is 10.6 Å². The quantitative estimate of drug-likeness (QED) is 0.212. The van der Waals surface area contributed by atoms with Crippen LogP contribution in [0.15, 0.2) is 34.2 Å². The Balaban J connectivity index is 1.78. The molecule has 9 nitrogen and oxygen atoms in total. The molecule has 1 aliphatic rings. The highest BCUT2D eigenvalue weighted by Gasteiger charge is 2.31. The lowest BCUT2D eigenvalue weighted by atomic mass is 9.94. The highest BCUT2D eigenvalue weighted by molar-refractivity contribution is 7.99. The number of aromatic nitrogens is 2. The summed E-state index contributed by atoms with van der Waals surface area (Å²) in [6.45, 7) is 6.11. The van der Waals surface area contributed by atoms with Gasteiger partial charge >= 0.3 is 12.1 Å². The van der Waals surface area contributed by atoms with Crippen molar-refractivity contribution in [2.75, 3.05) is 19.5 Å². The minimum absolute atomic E-state index is 0.0953. The number of esters is 1. The van der Waals surface area contributed by atoms with E-state index in [0.717, 1.165) is 22.2 Å². The maximum absolute atomic E-state index is 13.8. The van der Waals surface area contributed by atoms with Crippen LogP contribution in [0.1, 0.15) is 31.2 Å². The van der Waals surface area contributed by atoms with Gasteiger partial charge in [-0.15, -0.1) is 11.3 Å². The molecule has 0 amide bonds. The van der Waals surface area contributed by atoms with Crippen molar-refractivity contribution in [3.63, 3.8) is 0 Å². The standard InChI is InChI=1S/C23H24N2O7S2/c1-5-30-22(28)32-17(26)12-33-21-24-19-18(15-10-23(2,3)31-11-16(15)34-19)20(27)25(21)13-6-8-14(29-4)9-7-13/h6-9H,5,10-12H2,1-4H3. The summed E-state index contributed by atoms with van der Waals surface area (Å²) in [5.74, 6) is -0.377. The molecule has 0 aliphatic carbocycles. The molecule has 34 heavy (non-hydrogen) atoms. The second-order valence-corrected chi connectivity index (χ2v) is 10.1. The SMILES string of the molecule is CCOC(=O)OC(=O)CSc1nc2sc3c(c2c(=O)n1-c1ccc(OC)cc1)CC(C)(C)OC3. The number of thioether (sulfide) groups is 1. The van der Waals surface area contributed by atoms with Gasteiger partial charge in [-0.05, 0) is 50.6 Å². The Kier molecular flexibility index (Phi) is 6.96. The first kappa shape index (κ1) is 24.2. The molecule has 11 heteroatoms. The summed E-state index contributed by atoms with van der Waals surface area (Å²) in [4.78, 5) is 43.7. The van der Waals surface area contributed by atoms with E-state index in [9.17, 15) is 14.4 Å². The maximum atomic E-state index is 13.8. The second-order valence-electron chi connectivity index (χ2n) is 8.09. The Morgan fingerprint density at radius 1 is 1.26 bits per heavy atom. The van der Waals surface area contributed by atoms with E-state index in [4.69, 9.17) is 14.5 Å². The molecule has 0 saturated carbocycles. The fourth-order valence-electron chi connectivity index (χ4n) is 3.62. The van der Waals surface area contributed by atoms with Crippen LogP contribution in [0.25, 0.3) is 15.9 Å². The molecule has 0 spiro atoms. The van der Waals surface area contributed by atoms with Crippen molar-refractivity contribution in [1.82, 2.24) is 9.55 Å². The van der Waals surface area contributed by atoms with Crippen LogP contribution in [0.4, 0.5) is 4.79 Å². The molecule has 0 atom stereocenters. The van der Waals surface area contributed by atoms with Crippen LogP contribution in [0.5, 0.6) is 5.75 Å². The summed E-state index contributed by atoms with van der Waals surface area (Å²) in [7, 11) is 1.56. The molecule has 1 aliphatic heterocycles. The molecule has 0 N–H and O–H groups in total. The number of thiophene rings is 1. The molecule has 0 fully saturated rings. The minimum Gasteiger partial charge on any atom is -0.497 e. The summed E-state index contributed by atoms with van der Waals surface area (Å²) in [5.41, 5.74) is 0.913. The Labute approximate surface area is 204 Å². The lowest BCUT2D eigenvalue weighted by Crippen LogP contribution is -2.32. The van der Waals surface area contributed by atoms with E-state index in [1.807, 2.05) is 13.8 Å². The Morgan fingerprint density at radius 3 is 2.68 bits per heavy atom. The molecule has 3 heterocycles. The van der Waals surface area contributed by atoms with E-state index in [0.29, 0.717) is 39.8 Å². The first-order valence-corrected chi connectivity index (χ1v) is 12.4. The van der Waals surface area contributed by atoms with Crippen molar-refractivity contribution in [3.8, 4) is 11.4 Å². The van der Waals surface area contributed by atoms with Crippen molar-refractivity contribution in [2.45, 2.75) is 44.6 Å². The van der Waals surface area contributed by atoms with E-state index < -0.39 is 12.1 Å². The molecular formula is C23H24N2O7S2. The second kappa shape index (κ2) is 9.77. The molecule has 0 radical (unpaired) electrons. The number of benzene rings is 1. The highest BCUT2D eigenvalue weighted by Crippen LogP contribution is 2.38. The fraction of sp³-hybridized carbons (Fsp3) is 0.391. The van der Waals surface area contributed by atoms with Crippen LogP contribution >= 0.6 is 23.1 Å². The molecular weight excluding hydrogens is 480 g/mol. The Hall–Kier alpha value is -2.89. The molecule has 2 aromatic heterocycles. The van der Waals surface area contributed by atoms with E-state index in [1.165, 1.54) is 15.9 Å². The van der Waals surface area contributed by atoms with Gasteiger partial charge in [-0.2, -0.15) is 0 Å². The average Bonchev–Trinajstić information content (AvgIpc) is 3.14. The summed E-state index contributed by atoms with van der Waals surface area (Å²) in [6.07, 6.45) is -0.460. The molecule has 180 valence electrons. The summed E-state index contributed by atoms with van der Waals surface area (Å²) in [5, 5.41) is 0.868. The van der Waals surface area contributed by atoms with Crippen LogP contribution in [0.2, 0.25) is 0 Å². The number of carbonyl (C=O) groups excluding carboxylic acids is 2. The van der Waals surface area contributed by atoms with Crippen molar-refractivity contribution in [2.24, 2.45) is 0 Å². The van der Waals surface area contributed by atoms with Crippen LogP contribution in [0.3, 0.4) is 0 Å².